The molecule has 1 aromatic rings. The normalized spacial score (nSPS) is 10.5. The lowest BCUT2D eigenvalue weighted by molar-refractivity contribution is 0.313. The summed E-state index contributed by atoms with van der Waals surface area (Å²) < 4.78 is 12.5. The molecule has 0 aromatic carbocycles. The van der Waals surface area contributed by atoms with Crippen LogP contribution in [-0.2, 0) is 0 Å². The number of hydrogen-bond donors (Lipinski definition) is 1. The number of hydrogen-bond acceptors (Lipinski definition) is 5. The van der Waals surface area contributed by atoms with Crippen molar-refractivity contribution in [2.45, 2.75) is 6.92 Å². The third-order valence-corrected chi connectivity index (χ3v) is 0.989. The van der Waals surface area contributed by atoms with Crippen molar-refractivity contribution in [2.75, 3.05) is 5.73 Å². The van der Waals surface area contributed by atoms with E-state index in [1.807, 2.05) is 0 Å². The Morgan fingerprint density at radius 1 is 1.75 bits per heavy atom. The molecule has 64 valence electrons. The van der Waals surface area contributed by atoms with Crippen molar-refractivity contribution in [1.29, 1.82) is 0 Å². The highest BCUT2D eigenvalue weighted by Gasteiger charge is 2.02. The summed E-state index contributed by atoms with van der Waals surface area (Å²) in [5.41, 5.74) is 5.13. The number of nitrogens with zero attached hydrogens (tertiary/aromatic N) is 3. The van der Waals surface area contributed by atoms with E-state index in [4.69, 9.17) is 5.73 Å². The number of anilines is 1. The van der Waals surface area contributed by atoms with Crippen LogP contribution >= 0.6 is 0 Å². The van der Waals surface area contributed by atoms with Gasteiger partial charge in [0.15, 0.2) is 11.6 Å². The molecule has 0 bridgehead atoms. The molecule has 12 heavy (non-hydrogen) atoms. The van der Waals surface area contributed by atoms with Crippen molar-refractivity contribution in [3.63, 3.8) is 0 Å². The van der Waals surface area contributed by atoms with Crippen molar-refractivity contribution in [2.24, 2.45) is 5.16 Å². The highest BCUT2D eigenvalue weighted by molar-refractivity contribution is 5.52. The Morgan fingerprint density at radius 2 is 2.50 bits per heavy atom. The number of aromatic nitrogens is 2. The second kappa shape index (κ2) is 3.61. The monoisotopic (exact) mass is 170 g/mol. The first kappa shape index (κ1) is 8.38. The van der Waals surface area contributed by atoms with Crippen LogP contribution in [0.1, 0.15) is 6.92 Å². The smallest absolute Gasteiger partial charge is 0.347 e. The van der Waals surface area contributed by atoms with Crippen molar-refractivity contribution >= 4 is 12.0 Å². The lowest BCUT2D eigenvalue weighted by Gasteiger charge is -1.96. The van der Waals surface area contributed by atoms with Gasteiger partial charge in [-0.3, -0.25) is 0 Å². The van der Waals surface area contributed by atoms with Gasteiger partial charge in [0.05, 0.1) is 6.20 Å². The number of rotatable bonds is 2. The van der Waals surface area contributed by atoms with Crippen LogP contribution < -0.4 is 10.6 Å². The van der Waals surface area contributed by atoms with Crippen molar-refractivity contribution in [3.05, 3.63) is 12.0 Å². The van der Waals surface area contributed by atoms with Crippen LogP contribution in [0.4, 0.5) is 10.2 Å². The minimum absolute atomic E-state index is 0.0769. The first-order valence-corrected chi connectivity index (χ1v) is 3.17. The van der Waals surface area contributed by atoms with Gasteiger partial charge >= 0.3 is 6.01 Å². The predicted molar refractivity (Wildman–Crippen MR) is 41.2 cm³/mol. The van der Waals surface area contributed by atoms with E-state index in [-0.39, 0.29) is 11.8 Å². The Balaban J connectivity index is 2.82. The Labute approximate surface area is 68.1 Å². The molecular weight excluding hydrogens is 163 g/mol. The highest BCUT2D eigenvalue weighted by atomic mass is 19.1. The van der Waals surface area contributed by atoms with E-state index in [0.29, 0.717) is 0 Å². The van der Waals surface area contributed by atoms with E-state index in [0.717, 1.165) is 6.20 Å². The van der Waals surface area contributed by atoms with Crippen molar-refractivity contribution in [1.82, 2.24) is 9.97 Å². The van der Waals surface area contributed by atoms with Gasteiger partial charge in [-0.25, -0.2) is 4.39 Å². The molecule has 0 aliphatic rings. The number of nitrogen functional groups attached to an aromatic ring is 1. The summed E-state index contributed by atoms with van der Waals surface area (Å²) in [7, 11) is 0. The van der Waals surface area contributed by atoms with Gasteiger partial charge in [0.25, 0.3) is 0 Å². The topological polar surface area (TPSA) is 73.4 Å². The quantitative estimate of drug-likeness (QED) is 0.520. The Bertz CT molecular complexity index is 302. The average molecular weight is 170 g/mol. The molecule has 0 saturated heterocycles. The third-order valence-electron chi connectivity index (χ3n) is 0.989. The molecule has 0 saturated carbocycles. The lowest BCUT2D eigenvalue weighted by Crippen LogP contribution is -1.99. The molecule has 0 radical (unpaired) electrons. The molecule has 0 aliphatic heterocycles. The van der Waals surface area contributed by atoms with Crippen LogP contribution in [0.3, 0.4) is 0 Å². The molecule has 1 heterocycles. The summed E-state index contributed by atoms with van der Waals surface area (Å²) in [4.78, 5) is 11.5. The highest BCUT2D eigenvalue weighted by Crippen LogP contribution is 2.08. The molecule has 5 nitrogen and oxygen atoms in total. The van der Waals surface area contributed by atoms with E-state index in [2.05, 4.69) is 20.0 Å². The van der Waals surface area contributed by atoms with Crippen LogP contribution in [0.5, 0.6) is 6.01 Å². The average Bonchev–Trinajstić information content (AvgIpc) is 2.07. The number of halogens is 1. The van der Waals surface area contributed by atoms with Gasteiger partial charge < -0.3 is 10.6 Å². The van der Waals surface area contributed by atoms with E-state index < -0.39 is 5.82 Å². The minimum atomic E-state index is -0.678. The van der Waals surface area contributed by atoms with Gasteiger partial charge in [0.2, 0.25) is 0 Å². The van der Waals surface area contributed by atoms with Crippen LogP contribution in [-0.4, -0.2) is 16.2 Å². The molecule has 0 spiro atoms. The SMILES string of the molecule is CC=NOc1ncc(F)c(N)n1. The molecular formula is C6H7FN4O. The maximum atomic E-state index is 12.5. The fourth-order valence-corrected chi connectivity index (χ4v) is 0.507. The van der Waals surface area contributed by atoms with E-state index in [1.54, 1.807) is 6.92 Å². The predicted octanol–water partition coefficient (Wildman–Crippen LogP) is 0.582. The zero-order chi connectivity index (χ0) is 8.97. The molecule has 0 fully saturated rings. The summed E-state index contributed by atoms with van der Waals surface area (Å²) in [5, 5.41) is 3.38. The van der Waals surface area contributed by atoms with Gasteiger partial charge in [0.1, 0.15) is 0 Å². The first-order chi connectivity index (χ1) is 5.74. The molecule has 1 aromatic heterocycles. The Morgan fingerprint density at radius 3 is 3.08 bits per heavy atom. The Hall–Kier alpha value is -1.72. The van der Waals surface area contributed by atoms with Crippen LogP contribution in [0.25, 0.3) is 0 Å². The third kappa shape index (κ3) is 1.88. The van der Waals surface area contributed by atoms with Gasteiger partial charge in [-0.1, -0.05) is 5.16 Å². The lowest BCUT2D eigenvalue weighted by atomic mass is 10.6. The summed E-state index contributed by atoms with van der Waals surface area (Å²) in [6.45, 7) is 1.66. The summed E-state index contributed by atoms with van der Waals surface area (Å²) >= 11 is 0. The van der Waals surface area contributed by atoms with Crippen LogP contribution in [0, 0.1) is 5.82 Å². The van der Waals surface area contributed by atoms with Crippen molar-refractivity contribution in [3.8, 4) is 6.01 Å². The van der Waals surface area contributed by atoms with E-state index in [9.17, 15) is 4.39 Å². The molecule has 6 heteroatoms. The molecule has 2 N–H and O–H groups in total. The van der Waals surface area contributed by atoms with E-state index in [1.165, 1.54) is 6.21 Å². The van der Waals surface area contributed by atoms with Gasteiger partial charge in [-0.2, -0.15) is 9.97 Å². The molecule has 0 aliphatic carbocycles. The fourth-order valence-electron chi connectivity index (χ4n) is 0.507. The standard InChI is InChI=1S/C6H7FN4O/c1-2-10-12-6-9-3-4(7)5(8)11-6/h2-3H,1H3,(H2,8,9,11). The maximum absolute atomic E-state index is 12.5. The summed E-state index contributed by atoms with van der Waals surface area (Å²) in [6.07, 6.45) is 2.33. The zero-order valence-electron chi connectivity index (χ0n) is 6.36. The maximum Gasteiger partial charge on any atom is 0.347 e. The van der Waals surface area contributed by atoms with Gasteiger partial charge in [-0.05, 0) is 6.92 Å². The van der Waals surface area contributed by atoms with Crippen molar-refractivity contribution < 1.29 is 9.23 Å². The number of oxime groups is 1. The number of nitrogens with two attached hydrogens (primary N) is 1. The second-order valence-corrected chi connectivity index (χ2v) is 1.84. The molecule has 0 atom stereocenters. The zero-order valence-corrected chi connectivity index (χ0v) is 6.36. The summed E-state index contributed by atoms with van der Waals surface area (Å²) in [6, 6.07) is -0.0769. The van der Waals surface area contributed by atoms with E-state index >= 15 is 0 Å². The first-order valence-electron chi connectivity index (χ1n) is 3.17. The fraction of sp³-hybridized carbons (Fsp3) is 0.167. The largest absolute Gasteiger partial charge is 0.381 e. The molecule has 1 rings (SSSR count). The molecule has 0 amide bonds. The van der Waals surface area contributed by atoms with Gasteiger partial charge in [-0.15, -0.1) is 0 Å². The van der Waals surface area contributed by atoms with Crippen LogP contribution in [0.2, 0.25) is 0 Å². The minimum Gasteiger partial charge on any atom is -0.381 e. The second-order valence-electron chi connectivity index (χ2n) is 1.84. The van der Waals surface area contributed by atoms with Crippen LogP contribution in [0.15, 0.2) is 11.4 Å². The molecule has 0 unspecified atom stereocenters. The summed E-state index contributed by atoms with van der Waals surface area (Å²) in [5.74, 6) is -0.936. The Kier molecular flexibility index (Phi) is 2.52. The van der Waals surface area contributed by atoms with Gasteiger partial charge in [0, 0.05) is 6.21 Å².